The highest BCUT2D eigenvalue weighted by atomic mass is 32.2. The number of piperidine rings is 1. The van der Waals surface area contributed by atoms with E-state index in [4.69, 9.17) is 9.47 Å². The molecule has 2 heterocycles. The topological polar surface area (TPSA) is 108 Å². The Hall–Kier alpha value is -1.23. The van der Waals surface area contributed by atoms with Crippen LogP contribution in [0.2, 0.25) is 0 Å². The number of hydrogen-bond donors (Lipinski definition) is 3. The molecule has 2 aliphatic rings. The standard InChI is InChI=1S/C19H30N2O6S/c1-13-7-9-21(10-8-13)18-16(27-17(12-22)19(18)23)11-20-28(24,25)15-5-3-14(26-2)4-6-15/h3-6,13,16-20,22-23H,7-12H2,1-2H3/t16-,17+,18+,19-/m1/s1. The van der Waals surface area contributed by atoms with Gasteiger partial charge in [-0.05, 0) is 56.1 Å². The predicted octanol–water partition coefficient (Wildman–Crippen LogP) is 0.195. The van der Waals surface area contributed by atoms with Crippen molar-refractivity contribution in [2.75, 3.05) is 33.4 Å². The zero-order chi connectivity index (χ0) is 20.3. The van der Waals surface area contributed by atoms with Crippen LogP contribution in [0.1, 0.15) is 19.8 Å². The lowest BCUT2D eigenvalue weighted by Gasteiger charge is -2.38. The maximum atomic E-state index is 12.6. The van der Waals surface area contributed by atoms with E-state index in [1.54, 1.807) is 12.1 Å². The summed E-state index contributed by atoms with van der Waals surface area (Å²) in [7, 11) is -2.21. The van der Waals surface area contributed by atoms with Crippen molar-refractivity contribution in [1.82, 2.24) is 9.62 Å². The van der Waals surface area contributed by atoms with E-state index in [-0.39, 0.29) is 24.1 Å². The van der Waals surface area contributed by atoms with Gasteiger partial charge in [0, 0.05) is 6.54 Å². The second kappa shape index (κ2) is 9.06. The van der Waals surface area contributed by atoms with Gasteiger partial charge in [0.15, 0.2) is 0 Å². The summed E-state index contributed by atoms with van der Waals surface area (Å²) in [4.78, 5) is 2.29. The molecule has 1 aromatic rings. The molecule has 0 bridgehead atoms. The SMILES string of the molecule is COc1ccc(S(=O)(=O)NC[C@H]2O[C@@H](CO)[C@@H](O)[C@H]2N2CCC(C)CC2)cc1. The number of methoxy groups -OCH3 is 1. The summed E-state index contributed by atoms with van der Waals surface area (Å²) in [6, 6.07) is 5.79. The first-order chi connectivity index (χ1) is 13.4. The second-order valence-electron chi connectivity index (χ2n) is 7.62. The van der Waals surface area contributed by atoms with Crippen molar-refractivity contribution in [2.24, 2.45) is 5.92 Å². The van der Waals surface area contributed by atoms with Gasteiger partial charge in [-0.3, -0.25) is 4.90 Å². The molecule has 2 aliphatic heterocycles. The Morgan fingerprint density at radius 2 is 1.86 bits per heavy atom. The second-order valence-corrected chi connectivity index (χ2v) is 9.39. The van der Waals surface area contributed by atoms with Crippen LogP contribution in [0.5, 0.6) is 5.75 Å². The lowest BCUT2D eigenvalue weighted by molar-refractivity contribution is -0.0201. The minimum Gasteiger partial charge on any atom is -0.497 e. The Balaban J connectivity index is 1.69. The number of benzene rings is 1. The number of ether oxygens (including phenoxy) is 2. The van der Waals surface area contributed by atoms with Gasteiger partial charge in [0.05, 0.1) is 30.8 Å². The van der Waals surface area contributed by atoms with Gasteiger partial charge in [0.2, 0.25) is 10.0 Å². The molecule has 3 N–H and O–H groups in total. The van der Waals surface area contributed by atoms with Gasteiger partial charge in [-0.15, -0.1) is 0 Å². The lowest BCUT2D eigenvalue weighted by Crippen LogP contribution is -2.53. The molecule has 2 saturated heterocycles. The largest absolute Gasteiger partial charge is 0.497 e. The number of likely N-dealkylation sites (tertiary alicyclic amines) is 1. The number of hydrogen-bond acceptors (Lipinski definition) is 7. The van der Waals surface area contributed by atoms with Gasteiger partial charge in [-0.25, -0.2) is 13.1 Å². The van der Waals surface area contributed by atoms with Gasteiger partial charge < -0.3 is 19.7 Å². The van der Waals surface area contributed by atoms with Crippen LogP contribution in [0.3, 0.4) is 0 Å². The van der Waals surface area contributed by atoms with Crippen molar-refractivity contribution in [1.29, 1.82) is 0 Å². The number of aliphatic hydroxyl groups excluding tert-OH is 2. The molecule has 0 amide bonds. The maximum absolute atomic E-state index is 12.6. The smallest absolute Gasteiger partial charge is 0.240 e. The van der Waals surface area contributed by atoms with Gasteiger partial charge >= 0.3 is 0 Å². The van der Waals surface area contributed by atoms with Gasteiger partial charge in [-0.2, -0.15) is 0 Å². The Bertz CT molecular complexity index is 733. The van der Waals surface area contributed by atoms with E-state index in [0.29, 0.717) is 11.7 Å². The molecular formula is C19H30N2O6S. The van der Waals surface area contributed by atoms with Gasteiger partial charge in [-0.1, -0.05) is 6.92 Å². The highest BCUT2D eigenvalue weighted by Crippen LogP contribution is 2.29. The molecule has 8 nitrogen and oxygen atoms in total. The molecule has 0 aliphatic carbocycles. The van der Waals surface area contributed by atoms with Gasteiger partial charge in [0.25, 0.3) is 0 Å². The molecule has 0 radical (unpaired) electrons. The fourth-order valence-corrected chi connectivity index (χ4v) is 5.00. The fourth-order valence-electron chi connectivity index (χ4n) is 3.95. The van der Waals surface area contributed by atoms with E-state index >= 15 is 0 Å². The third-order valence-electron chi connectivity index (χ3n) is 5.73. The van der Waals surface area contributed by atoms with Crippen LogP contribution in [0.4, 0.5) is 0 Å². The molecule has 0 aromatic heterocycles. The number of nitrogens with one attached hydrogen (secondary N) is 1. The average Bonchev–Trinajstić information content (AvgIpc) is 3.03. The van der Waals surface area contributed by atoms with E-state index in [9.17, 15) is 18.6 Å². The van der Waals surface area contributed by atoms with Crippen molar-refractivity contribution < 1.29 is 28.1 Å². The molecule has 1 aromatic carbocycles. The zero-order valence-corrected chi connectivity index (χ0v) is 17.1. The van der Waals surface area contributed by atoms with Crippen molar-refractivity contribution in [3.8, 4) is 5.75 Å². The highest BCUT2D eigenvalue weighted by Gasteiger charge is 2.46. The first-order valence-corrected chi connectivity index (χ1v) is 11.2. The third kappa shape index (κ3) is 4.67. The highest BCUT2D eigenvalue weighted by molar-refractivity contribution is 7.89. The Labute approximate surface area is 166 Å². The minimum atomic E-state index is -3.73. The normalized spacial score (nSPS) is 29.9. The van der Waals surface area contributed by atoms with Gasteiger partial charge in [0.1, 0.15) is 18.0 Å². The molecule has 4 atom stereocenters. The van der Waals surface area contributed by atoms with E-state index in [1.807, 2.05) is 0 Å². The zero-order valence-electron chi connectivity index (χ0n) is 16.3. The van der Waals surface area contributed by atoms with Crippen LogP contribution < -0.4 is 9.46 Å². The number of nitrogens with zero attached hydrogens (tertiary/aromatic N) is 1. The van der Waals surface area contributed by atoms with Crippen molar-refractivity contribution in [3.05, 3.63) is 24.3 Å². The lowest BCUT2D eigenvalue weighted by atomic mass is 9.94. The first kappa shape index (κ1) is 21.5. The maximum Gasteiger partial charge on any atom is 0.240 e. The summed E-state index contributed by atoms with van der Waals surface area (Å²) in [5.74, 6) is 1.21. The molecule has 3 rings (SSSR count). The fraction of sp³-hybridized carbons (Fsp3) is 0.684. The first-order valence-electron chi connectivity index (χ1n) is 9.68. The van der Waals surface area contributed by atoms with Crippen LogP contribution >= 0.6 is 0 Å². The monoisotopic (exact) mass is 414 g/mol. The summed E-state index contributed by atoms with van der Waals surface area (Å²) in [5, 5.41) is 20.1. The predicted molar refractivity (Wildman–Crippen MR) is 104 cm³/mol. The summed E-state index contributed by atoms with van der Waals surface area (Å²) in [6.45, 7) is 3.58. The summed E-state index contributed by atoms with van der Waals surface area (Å²) in [5.41, 5.74) is 0. The molecule has 9 heteroatoms. The number of aliphatic hydroxyl groups is 2. The number of rotatable bonds is 7. The van der Waals surface area contributed by atoms with Crippen LogP contribution in [0, 0.1) is 5.92 Å². The average molecular weight is 415 g/mol. The third-order valence-corrected chi connectivity index (χ3v) is 7.16. The summed E-state index contributed by atoms with van der Waals surface area (Å²) >= 11 is 0. The van der Waals surface area contributed by atoms with Crippen LogP contribution in [0.15, 0.2) is 29.2 Å². The Kier molecular flexibility index (Phi) is 6.95. The molecule has 2 fully saturated rings. The number of sulfonamides is 1. The summed E-state index contributed by atoms with van der Waals surface area (Å²) in [6.07, 6.45) is -0.0449. The molecule has 158 valence electrons. The van der Waals surface area contributed by atoms with Crippen LogP contribution in [0.25, 0.3) is 0 Å². The molecule has 0 unspecified atom stereocenters. The quantitative estimate of drug-likeness (QED) is 0.585. The van der Waals surface area contributed by atoms with E-state index in [1.165, 1.54) is 19.2 Å². The van der Waals surface area contributed by atoms with Crippen LogP contribution in [-0.4, -0.2) is 81.2 Å². The Morgan fingerprint density at radius 3 is 2.43 bits per heavy atom. The molecule has 28 heavy (non-hydrogen) atoms. The molecule has 0 saturated carbocycles. The van der Waals surface area contributed by atoms with Crippen LogP contribution in [-0.2, 0) is 14.8 Å². The summed E-state index contributed by atoms with van der Waals surface area (Å²) < 4.78 is 38.7. The van der Waals surface area contributed by atoms with Crippen molar-refractivity contribution in [2.45, 2.75) is 49.0 Å². The van der Waals surface area contributed by atoms with E-state index in [2.05, 4.69) is 16.5 Å². The molecule has 0 spiro atoms. The Morgan fingerprint density at radius 1 is 1.21 bits per heavy atom. The van der Waals surface area contributed by atoms with E-state index < -0.39 is 28.3 Å². The van der Waals surface area contributed by atoms with E-state index in [0.717, 1.165) is 25.9 Å². The van der Waals surface area contributed by atoms with Crippen molar-refractivity contribution in [3.63, 3.8) is 0 Å². The van der Waals surface area contributed by atoms with Crippen molar-refractivity contribution >= 4 is 10.0 Å². The minimum absolute atomic E-state index is 0.0264. The molecular weight excluding hydrogens is 384 g/mol.